The Balaban J connectivity index is 1.67. The van der Waals surface area contributed by atoms with E-state index in [1.165, 1.54) is 12.1 Å². The lowest BCUT2D eigenvalue weighted by atomic mass is 10.1. The zero-order valence-corrected chi connectivity index (χ0v) is 14.9. The van der Waals surface area contributed by atoms with Crippen LogP contribution in [0, 0.1) is 17.0 Å². The van der Waals surface area contributed by atoms with Gasteiger partial charge in [-0.05, 0) is 37.1 Å². The predicted octanol–water partition coefficient (Wildman–Crippen LogP) is 2.20. The van der Waals surface area contributed by atoms with Crippen LogP contribution in [-0.2, 0) is 16.4 Å². The largest absolute Gasteiger partial charge is 0.486 e. The summed E-state index contributed by atoms with van der Waals surface area (Å²) < 4.78 is 38.1. The number of aryl methyl sites for hydroxylation is 1. The van der Waals surface area contributed by atoms with E-state index in [2.05, 4.69) is 4.72 Å². The third-order valence-electron chi connectivity index (χ3n) is 4.00. The first-order valence-corrected chi connectivity index (χ1v) is 9.48. The second-order valence-electron chi connectivity index (χ2n) is 5.83. The number of fused-ring (bicyclic) bond motifs is 1. The first-order chi connectivity index (χ1) is 12.4. The van der Waals surface area contributed by atoms with Gasteiger partial charge >= 0.3 is 0 Å². The van der Waals surface area contributed by atoms with Gasteiger partial charge in [-0.15, -0.1) is 0 Å². The second kappa shape index (κ2) is 7.30. The average Bonchev–Trinajstić information content (AvgIpc) is 2.61. The molecule has 0 saturated heterocycles. The molecule has 0 saturated carbocycles. The van der Waals surface area contributed by atoms with Crippen molar-refractivity contribution in [3.8, 4) is 11.5 Å². The number of benzene rings is 2. The molecule has 0 bridgehead atoms. The van der Waals surface area contributed by atoms with E-state index >= 15 is 0 Å². The highest BCUT2D eigenvalue weighted by Gasteiger charge is 2.19. The average molecular weight is 378 g/mol. The topological polar surface area (TPSA) is 108 Å². The van der Waals surface area contributed by atoms with Gasteiger partial charge in [0.15, 0.2) is 11.5 Å². The number of rotatable bonds is 6. The molecule has 1 aliphatic rings. The van der Waals surface area contributed by atoms with E-state index in [9.17, 15) is 18.5 Å². The number of nitrogens with one attached hydrogen (secondary N) is 1. The van der Waals surface area contributed by atoms with Crippen molar-refractivity contribution in [1.29, 1.82) is 0 Å². The fraction of sp³-hybridized carbons (Fsp3) is 0.294. The van der Waals surface area contributed by atoms with E-state index in [1.807, 2.05) is 12.1 Å². The van der Waals surface area contributed by atoms with Crippen LogP contribution in [0.5, 0.6) is 11.5 Å². The molecular formula is C17H18N2O6S. The number of hydrogen-bond donors (Lipinski definition) is 1. The second-order valence-corrected chi connectivity index (χ2v) is 7.60. The van der Waals surface area contributed by atoms with E-state index in [4.69, 9.17) is 9.47 Å². The summed E-state index contributed by atoms with van der Waals surface area (Å²) in [5.41, 5.74) is 1.08. The van der Waals surface area contributed by atoms with Gasteiger partial charge < -0.3 is 9.47 Å². The SMILES string of the molecule is Cc1ccc(S(=O)(=O)NCCc2ccc3c(c2)OCCO3)cc1[N+](=O)[O-]. The molecule has 0 radical (unpaired) electrons. The van der Waals surface area contributed by atoms with Crippen molar-refractivity contribution in [1.82, 2.24) is 4.72 Å². The number of nitro groups is 1. The zero-order valence-electron chi connectivity index (χ0n) is 14.1. The molecular weight excluding hydrogens is 360 g/mol. The van der Waals surface area contributed by atoms with Gasteiger partial charge in [0, 0.05) is 18.2 Å². The molecule has 9 heteroatoms. The Morgan fingerprint density at radius 2 is 1.85 bits per heavy atom. The van der Waals surface area contributed by atoms with Gasteiger partial charge in [-0.25, -0.2) is 13.1 Å². The smallest absolute Gasteiger partial charge is 0.273 e. The maximum absolute atomic E-state index is 12.4. The summed E-state index contributed by atoms with van der Waals surface area (Å²) in [5, 5.41) is 11.0. The monoisotopic (exact) mass is 378 g/mol. The van der Waals surface area contributed by atoms with Crippen LogP contribution >= 0.6 is 0 Å². The summed E-state index contributed by atoms with van der Waals surface area (Å²) >= 11 is 0. The lowest BCUT2D eigenvalue weighted by molar-refractivity contribution is -0.385. The molecule has 0 aliphatic carbocycles. The molecule has 0 atom stereocenters. The highest BCUT2D eigenvalue weighted by Crippen LogP contribution is 2.30. The van der Waals surface area contributed by atoms with E-state index in [0.717, 1.165) is 11.6 Å². The van der Waals surface area contributed by atoms with Crippen molar-refractivity contribution in [2.45, 2.75) is 18.2 Å². The van der Waals surface area contributed by atoms with Crippen LogP contribution in [0.15, 0.2) is 41.3 Å². The van der Waals surface area contributed by atoms with Crippen molar-refractivity contribution < 1.29 is 22.8 Å². The summed E-state index contributed by atoms with van der Waals surface area (Å²) in [6.07, 6.45) is 0.448. The molecule has 1 N–H and O–H groups in total. The third kappa shape index (κ3) is 3.94. The van der Waals surface area contributed by atoms with Gasteiger partial charge in [0.1, 0.15) is 13.2 Å². The highest BCUT2D eigenvalue weighted by atomic mass is 32.2. The Morgan fingerprint density at radius 3 is 2.58 bits per heavy atom. The minimum absolute atomic E-state index is 0.128. The Morgan fingerprint density at radius 1 is 1.12 bits per heavy atom. The van der Waals surface area contributed by atoms with Crippen LogP contribution < -0.4 is 14.2 Å². The fourth-order valence-corrected chi connectivity index (χ4v) is 3.66. The first kappa shape index (κ1) is 18.2. The van der Waals surface area contributed by atoms with Crippen LogP contribution in [0.2, 0.25) is 0 Å². The van der Waals surface area contributed by atoms with Gasteiger partial charge in [-0.3, -0.25) is 10.1 Å². The molecule has 0 spiro atoms. The molecule has 2 aromatic rings. The summed E-state index contributed by atoms with van der Waals surface area (Å²) in [4.78, 5) is 10.3. The van der Waals surface area contributed by atoms with Gasteiger partial charge in [-0.1, -0.05) is 12.1 Å². The molecule has 0 unspecified atom stereocenters. The van der Waals surface area contributed by atoms with Crippen molar-refractivity contribution >= 4 is 15.7 Å². The first-order valence-electron chi connectivity index (χ1n) is 8.00. The van der Waals surface area contributed by atoms with E-state index < -0.39 is 14.9 Å². The molecule has 0 aromatic heterocycles. The van der Waals surface area contributed by atoms with Crippen molar-refractivity contribution in [3.63, 3.8) is 0 Å². The number of nitrogens with zero attached hydrogens (tertiary/aromatic N) is 1. The van der Waals surface area contributed by atoms with Gasteiger partial charge in [0.05, 0.1) is 9.82 Å². The lowest BCUT2D eigenvalue weighted by Gasteiger charge is -2.18. The maximum Gasteiger partial charge on any atom is 0.273 e. The van der Waals surface area contributed by atoms with Gasteiger partial charge in [-0.2, -0.15) is 0 Å². The summed E-state index contributed by atoms with van der Waals surface area (Å²) in [6.45, 7) is 2.71. The van der Waals surface area contributed by atoms with Crippen LogP contribution in [-0.4, -0.2) is 33.1 Å². The maximum atomic E-state index is 12.4. The van der Waals surface area contributed by atoms with Crippen molar-refractivity contribution in [3.05, 3.63) is 57.6 Å². The molecule has 138 valence electrons. The lowest BCUT2D eigenvalue weighted by Crippen LogP contribution is -2.26. The predicted molar refractivity (Wildman–Crippen MR) is 94.2 cm³/mol. The molecule has 1 aliphatic heterocycles. The standard InChI is InChI=1S/C17H18N2O6S/c1-12-2-4-14(11-15(12)19(20)21)26(22,23)18-7-6-13-3-5-16-17(10-13)25-9-8-24-16/h2-5,10-11,18H,6-9H2,1H3. The molecule has 0 amide bonds. The normalized spacial score (nSPS) is 13.4. The number of sulfonamides is 1. The van der Waals surface area contributed by atoms with Crippen molar-refractivity contribution in [2.75, 3.05) is 19.8 Å². The number of ether oxygens (including phenoxy) is 2. The van der Waals surface area contributed by atoms with Crippen LogP contribution in [0.3, 0.4) is 0 Å². The van der Waals surface area contributed by atoms with E-state index in [1.54, 1.807) is 13.0 Å². The summed E-state index contributed by atoms with van der Waals surface area (Å²) in [5.74, 6) is 1.32. The highest BCUT2D eigenvalue weighted by molar-refractivity contribution is 7.89. The third-order valence-corrected chi connectivity index (χ3v) is 5.46. The fourth-order valence-electron chi connectivity index (χ4n) is 2.61. The Labute approximate surface area is 150 Å². The zero-order chi connectivity index (χ0) is 18.7. The minimum Gasteiger partial charge on any atom is -0.486 e. The number of hydrogen-bond acceptors (Lipinski definition) is 6. The summed E-state index contributed by atoms with van der Waals surface area (Å²) in [7, 11) is -3.83. The van der Waals surface area contributed by atoms with Crippen molar-refractivity contribution in [2.24, 2.45) is 0 Å². The Hall–Kier alpha value is -2.65. The van der Waals surface area contributed by atoms with E-state index in [-0.39, 0.29) is 17.1 Å². The Bertz CT molecular complexity index is 942. The summed E-state index contributed by atoms with van der Waals surface area (Å²) in [6, 6.07) is 9.31. The van der Waals surface area contributed by atoms with E-state index in [0.29, 0.717) is 36.7 Å². The molecule has 3 rings (SSSR count). The molecule has 0 fully saturated rings. The van der Waals surface area contributed by atoms with Crippen LogP contribution in [0.25, 0.3) is 0 Å². The Kier molecular flexibility index (Phi) is 5.10. The molecule has 1 heterocycles. The number of nitro benzene ring substituents is 1. The van der Waals surface area contributed by atoms with Crippen LogP contribution in [0.1, 0.15) is 11.1 Å². The molecule has 8 nitrogen and oxygen atoms in total. The van der Waals surface area contributed by atoms with Gasteiger partial charge in [0.2, 0.25) is 10.0 Å². The molecule has 2 aromatic carbocycles. The van der Waals surface area contributed by atoms with Gasteiger partial charge in [0.25, 0.3) is 5.69 Å². The van der Waals surface area contributed by atoms with Crippen LogP contribution in [0.4, 0.5) is 5.69 Å². The quantitative estimate of drug-likeness (QED) is 0.610. The molecule has 26 heavy (non-hydrogen) atoms. The minimum atomic E-state index is -3.83.